The Labute approximate surface area is 144 Å². The Bertz CT molecular complexity index is 793. The maximum absolute atomic E-state index is 12.9. The lowest BCUT2D eigenvalue weighted by Crippen LogP contribution is -2.27. The average molecular weight is 347 g/mol. The van der Waals surface area contributed by atoms with Gasteiger partial charge in [0, 0.05) is 6.04 Å². The van der Waals surface area contributed by atoms with E-state index in [4.69, 9.17) is 4.74 Å². The molecule has 0 bridgehead atoms. The molecule has 24 heavy (non-hydrogen) atoms. The molecule has 0 spiro atoms. The van der Waals surface area contributed by atoms with Crippen molar-refractivity contribution in [2.75, 3.05) is 7.11 Å². The van der Waals surface area contributed by atoms with Crippen molar-refractivity contribution in [2.45, 2.75) is 44.0 Å². The summed E-state index contributed by atoms with van der Waals surface area (Å²) in [7, 11) is -2.23. The van der Waals surface area contributed by atoms with Crippen molar-refractivity contribution < 1.29 is 13.2 Å². The molecule has 130 valence electrons. The van der Waals surface area contributed by atoms with E-state index < -0.39 is 10.0 Å². The Morgan fingerprint density at radius 1 is 1.04 bits per heavy atom. The van der Waals surface area contributed by atoms with Crippen molar-refractivity contribution in [1.82, 2.24) is 4.72 Å². The van der Waals surface area contributed by atoms with Gasteiger partial charge >= 0.3 is 0 Å². The molecule has 0 saturated carbocycles. The lowest BCUT2D eigenvalue weighted by atomic mass is 9.87. The molecule has 0 aliphatic carbocycles. The van der Waals surface area contributed by atoms with E-state index in [0.29, 0.717) is 5.75 Å². The van der Waals surface area contributed by atoms with E-state index in [-0.39, 0.29) is 16.4 Å². The molecule has 2 aromatic carbocycles. The molecule has 0 aliphatic heterocycles. The molecule has 1 N–H and O–H groups in total. The predicted molar refractivity (Wildman–Crippen MR) is 96.9 cm³/mol. The largest absolute Gasteiger partial charge is 0.495 e. The molecule has 5 heteroatoms. The number of rotatable bonds is 5. The first-order valence-electron chi connectivity index (χ1n) is 7.91. The summed E-state index contributed by atoms with van der Waals surface area (Å²) < 4.78 is 33.8. The van der Waals surface area contributed by atoms with Crippen LogP contribution < -0.4 is 9.46 Å². The predicted octanol–water partition coefficient (Wildman–Crippen LogP) is 4.03. The van der Waals surface area contributed by atoms with Gasteiger partial charge in [-0.15, -0.1) is 0 Å². The average Bonchev–Trinajstić information content (AvgIpc) is 2.53. The Morgan fingerprint density at radius 2 is 1.67 bits per heavy atom. The third-order valence-electron chi connectivity index (χ3n) is 3.95. The second-order valence-electron chi connectivity index (χ2n) is 6.87. The topological polar surface area (TPSA) is 55.4 Å². The number of hydrogen-bond acceptors (Lipinski definition) is 3. The number of nitrogens with one attached hydrogen (secondary N) is 1. The lowest BCUT2D eigenvalue weighted by Gasteiger charge is -2.22. The summed E-state index contributed by atoms with van der Waals surface area (Å²) in [5.41, 5.74) is 1.70. The van der Waals surface area contributed by atoms with Crippen LogP contribution in [0.2, 0.25) is 0 Å². The van der Waals surface area contributed by atoms with Crippen LogP contribution in [0.5, 0.6) is 5.75 Å². The van der Waals surface area contributed by atoms with Gasteiger partial charge in [-0.1, -0.05) is 57.2 Å². The Kier molecular flexibility index (Phi) is 5.35. The molecule has 2 aromatic rings. The summed E-state index contributed by atoms with van der Waals surface area (Å²) in [5, 5.41) is 0. The fraction of sp³-hybridized carbons (Fsp3) is 0.368. The van der Waals surface area contributed by atoms with Crippen LogP contribution in [0.3, 0.4) is 0 Å². The van der Waals surface area contributed by atoms with E-state index in [1.165, 1.54) is 7.11 Å². The lowest BCUT2D eigenvalue weighted by molar-refractivity contribution is 0.401. The summed E-state index contributed by atoms with van der Waals surface area (Å²) >= 11 is 0. The molecule has 0 heterocycles. The molecular weight excluding hydrogens is 322 g/mol. The zero-order valence-electron chi connectivity index (χ0n) is 14.8. The van der Waals surface area contributed by atoms with Crippen molar-refractivity contribution >= 4 is 10.0 Å². The first kappa shape index (κ1) is 18.5. The maximum Gasteiger partial charge on any atom is 0.244 e. The second kappa shape index (κ2) is 6.95. The molecule has 0 aliphatic rings. The van der Waals surface area contributed by atoms with E-state index >= 15 is 0 Å². The van der Waals surface area contributed by atoms with Gasteiger partial charge in [0.25, 0.3) is 0 Å². The first-order chi connectivity index (χ1) is 11.1. The highest BCUT2D eigenvalue weighted by molar-refractivity contribution is 7.89. The number of methoxy groups -OCH3 is 1. The highest BCUT2D eigenvalue weighted by Gasteiger charge is 2.25. The highest BCUT2D eigenvalue weighted by Crippen LogP contribution is 2.31. The monoisotopic (exact) mass is 347 g/mol. The van der Waals surface area contributed by atoms with Crippen molar-refractivity contribution in [3.05, 3.63) is 59.7 Å². The normalized spacial score (nSPS) is 13.5. The molecule has 2 rings (SSSR count). The fourth-order valence-corrected chi connectivity index (χ4v) is 3.89. The molecule has 1 atom stereocenters. The van der Waals surface area contributed by atoms with E-state index in [1.807, 2.05) is 64.1 Å². The first-order valence-corrected chi connectivity index (χ1v) is 9.39. The zero-order valence-corrected chi connectivity index (χ0v) is 15.6. The number of ether oxygens (including phenoxy) is 1. The molecular formula is C19H25NO3S. The smallest absolute Gasteiger partial charge is 0.244 e. The van der Waals surface area contributed by atoms with E-state index in [9.17, 15) is 8.42 Å². The molecule has 0 unspecified atom stereocenters. The molecule has 0 amide bonds. The van der Waals surface area contributed by atoms with Crippen LogP contribution in [0.4, 0.5) is 0 Å². The summed E-state index contributed by atoms with van der Waals surface area (Å²) in [6.45, 7) is 7.97. The van der Waals surface area contributed by atoms with Crippen LogP contribution in [-0.4, -0.2) is 15.5 Å². The van der Waals surface area contributed by atoms with E-state index in [0.717, 1.165) is 11.1 Å². The number of benzene rings is 2. The van der Waals surface area contributed by atoms with Gasteiger partial charge < -0.3 is 4.74 Å². The van der Waals surface area contributed by atoms with Gasteiger partial charge in [-0.25, -0.2) is 13.1 Å². The van der Waals surface area contributed by atoms with Gasteiger partial charge in [0.15, 0.2) is 0 Å². The standard InChI is InChI=1S/C19H25NO3S/c1-14(15-9-7-6-8-10-15)20-24(21,22)18-13-16(19(2,3)4)11-12-17(18)23-5/h6-14,20H,1-5H3/t14-/m0/s1. The van der Waals surface area contributed by atoms with Crippen molar-refractivity contribution in [3.8, 4) is 5.75 Å². The van der Waals surface area contributed by atoms with Gasteiger partial charge in [-0.2, -0.15) is 0 Å². The zero-order chi connectivity index (χ0) is 18.0. The third-order valence-corrected chi connectivity index (χ3v) is 5.51. The number of hydrogen-bond donors (Lipinski definition) is 1. The molecule has 0 saturated heterocycles. The van der Waals surface area contributed by atoms with Gasteiger partial charge in [-0.3, -0.25) is 0 Å². The summed E-state index contributed by atoms with van der Waals surface area (Å²) in [5.74, 6) is 0.343. The SMILES string of the molecule is COc1ccc(C(C)(C)C)cc1S(=O)(=O)N[C@@H](C)c1ccccc1. The van der Waals surface area contributed by atoms with E-state index in [2.05, 4.69) is 4.72 Å². The summed E-state index contributed by atoms with van der Waals surface area (Å²) in [6.07, 6.45) is 0. The Hall–Kier alpha value is -1.85. The van der Waals surface area contributed by atoms with Gasteiger partial charge in [0.2, 0.25) is 10.0 Å². The highest BCUT2D eigenvalue weighted by atomic mass is 32.2. The summed E-state index contributed by atoms with van der Waals surface area (Å²) in [6, 6.07) is 14.5. The summed E-state index contributed by atoms with van der Waals surface area (Å²) in [4.78, 5) is 0.167. The van der Waals surface area contributed by atoms with Gasteiger partial charge in [0.05, 0.1) is 7.11 Å². The van der Waals surface area contributed by atoms with Crippen molar-refractivity contribution in [1.29, 1.82) is 0 Å². The minimum Gasteiger partial charge on any atom is -0.495 e. The van der Waals surface area contributed by atoms with Crippen LogP contribution in [-0.2, 0) is 15.4 Å². The molecule has 0 radical (unpaired) electrons. The van der Waals surface area contributed by atoms with Crippen LogP contribution in [0.1, 0.15) is 44.9 Å². The fourth-order valence-electron chi connectivity index (χ4n) is 2.46. The number of sulfonamides is 1. The Morgan fingerprint density at radius 3 is 2.21 bits per heavy atom. The minimum atomic E-state index is -3.71. The second-order valence-corrected chi connectivity index (χ2v) is 8.55. The molecule has 0 aromatic heterocycles. The molecule has 0 fully saturated rings. The van der Waals surface area contributed by atoms with Crippen LogP contribution in [0.25, 0.3) is 0 Å². The van der Waals surface area contributed by atoms with E-state index in [1.54, 1.807) is 12.1 Å². The quantitative estimate of drug-likeness (QED) is 0.888. The van der Waals surface area contributed by atoms with Crippen LogP contribution in [0, 0.1) is 0 Å². The van der Waals surface area contributed by atoms with Crippen molar-refractivity contribution in [3.63, 3.8) is 0 Å². The maximum atomic E-state index is 12.9. The van der Waals surface area contributed by atoms with Crippen molar-refractivity contribution in [2.24, 2.45) is 0 Å². The van der Waals surface area contributed by atoms with Gasteiger partial charge in [0.1, 0.15) is 10.6 Å². The minimum absolute atomic E-state index is 0.151. The Balaban J connectivity index is 2.41. The van der Waals surface area contributed by atoms with Crippen LogP contribution >= 0.6 is 0 Å². The third kappa shape index (κ3) is 4.16. The van der Waals surface area contributed by atoms with Crippen LogP contribution in [0.15, 0.2) is 53.4 Å². The van der Waals surface area contributed by atoms with Gasteiger partial charge in [-0.05, 0) is 35.6 Å². The molecule has 4 nitrogen and oxygen atoms in total.